The Labute approximate surface area is 109 Å². The summed E-state index contributed by atoms with van der Waals surface area (Å²) < 4.78 is 67.9. The SMILES string of the molecule is NC(=O)C1=CC(C(F)F)Oc2ccc(C(F)(F)F)cc21. The van der Waals surface area contributed by atoms with E-state index >= 15 is 0 Å². The second-order valence-corrected chi connectivity index (χ2v) is 4.07. The van der Waals surface area contributed by atoms with E-state index in [1.54, 1.807) is 0 Å². The van der Waals surface area contributed by atoms with Crippen LogP contribution in [0.5, 0.6) is 5.75 Å². The minimum Gasteiger partial charge on any atom is -0.480 e. The van der Waals surface area contributed by atoms with E-state index in [1.807, 2.05) is 0 Å². The maximum absolute atomic E-state index is 12.6. The average Bonchev–Trinajstić information content (AvgIpc) is 2.35. The molecular weight excluding hydrogens is 285 g/mol. The Morgan fingerprint density at radius 2 is 1.95 bits per heavy atom. The van der Waals surface area contributed by atoms with Gasteiger partial charge in [-0.2, -0.15) is 13.2 Å². The molecule has 0 aromatic heterocycles. The van der Waals surface area contributed by atoms with E-state index in [-0.39, 0.29) is 11.3 Å². The fourth-order valence-electron chi connectivity index (χ4n) is 1.79. The minimum absolute atomic E-state index is 0.236. The van der Waals surface area contributed by atoms with E-state index in [0.29, 0.717) is 12.1 Å². The Balaban J connectivity index is 2.54. The third-order valence-electron chi connectivity index (χ3n) is 2.70. The summed E-state index contributed by atoms with van der Waals surface area (Å²) in [5.41, 5.74) is 3.33. The van der Waals surface area contributed by atoms with Gasteiger partial charge < -0.3 is 10.5 Å². The van der Waals surface area contributed by atoms with Crippen molar-refractivity contribution in [2.75, 3.05) is 0 Å². The van der Waals surface area contributed by atoms with Crippen molar-refractivity contribution in [2.24, 2.45) is 5.73 Å². The van der Waals surface area contributed by atoms with Crippen LogP contribution in [0, 0.1) is 0 Å². The van der Waals surface area contributed by atoms with Gasteiger partial charge in [-0.1, -0.05) is 0 Å². The third kappa shape index (κ3) is 2.59. The van der Waals surface area contributed by atoms with Crippen LogP contribution < -0.4 is 10.5 Å². The number of alkyl halides is 5. The molecule has 1 amide bonds. The molecule has 1 aromatic rings. The Hall–Kier alpha value is -2.12. The van der Waals surface area contributed by atoms with Crippen molar-refractivity contribution in [1.82, 2.24) is 0 Å². The molecule has 1 unspecified atom stereocenters. The van der Waals surface area contributed by atoms with Crippen LogP contribution in [0.4, 0.5) is 22.0 Å². The molecular formula is C12H8F5NO2. The molecule has 0 bridgehead atoms. The lowest BCUT2D eigenvalue weighted by Crippen LogP contribution is -2.29. The number of ether oxygens (including phenoxy) is 1. The van der Waals surface area contributed by atoms with E-state index in [2.05, 4.69) is 0 Å². The maximum Gasteiger partial charge on any atom is 0.416 e. The number of benzene rings is 1. The van der Waals surface area contributed by atoms with Crippen molar-refractivity contribution in [3.05, 3.63) is 35.4 Å². The molecule has 108 valence electrons. The van der Waals surface area contributed by atoms with Crippen LogP contribution in [-0.4, -0.2) is 18.4 Å². The van der Waals surface area contributed by atoms with Gasteiger partial charge >= 0.3 is 6.18 Å². The van der Waals surface area contributed by atoms with Crippen LogP contribution in [0.3, 0.4) is 0 Å². The Bertz CT molecular complexity index is 580. The molecule has 0 saturated heterocycles. The van der Waals surface area contributed by atoms with Gasteiger partial charge in [-0.15, -0.1) is 0 Å². The second kappa shape index (κ2) is 4.77. The van der Waals surface area contributed by atoms with Crippen LogP contribution in [-0.2, 0) is 11.0 Å². The van der Waals surface area contributed by atoms with Gasteiger partial charge in [0.15, 0.2) is 6.10 Å². The van der Waals surface area contributed by atoms with Crippen molar-refractivity contribution in [3.8, 4) is 5.75 Å². The highest BCUT2D eigenvalue weighted by Gasteiger charge is 2.34. The molecule has 1 aliphatic heterocycles. The fraction of sp³-hybridized carbons (Fsp3) is 0.250. The van der Waals surface area contributed by atoms with Gasteiger partial charge in [-0.25, -0.2) is 8.78 Å². The van der Waals surface area contributed by atoms with Crippen LogP contribution >= 0.6 is 0 Å². The largest absolute Gasteiger partial charge is 0.480 e. The molecule has 0 fully saturated rings. The number of hydrogen-bond donors (Lipinski definition) is 1. The van der Waals surface area contributed by atoms with Gasteiger partial charge in [0.1, 0.15) is 5.75 Å². The summed E-state index contributed by atoms with van der Waals surface area (Å²) in [6.45, 7) is 0. The van der Waals surface area contributed by atoms with Gasteiger partial charge in [0.25, 0.3) is 6.43 Å². The zero-order valence-electron chi connectivity index (χ0n) is 9.75. The number of rotatable bonds is 2. The molecule has 0 saturated carbocycles. The first-order valence-electron chi connectivity index (χ1n) is 5.38. The third-order valence-corrected chi connectivity index (χ3v) is 2.70. The van der Waals surface area contributed by atoms with Crippen LogP contribution in [0.15, 0.2) is 24.3 Å². The lowest BCUT2D eigenvalue weighted by molar-refractivity contribution is -0.137. The van der Waals surface area contributed by atoms with Crippen molar-refractivity contribution in [3.63, 3.8) is 0 Å². The maximum atomic E-state index is 12.6. The first kappa shape index (κ1) is 14.3. The molecule has 2 N–H and O–H groups in total. The molecule has 1 aromatic carbocycles. The summed E-state index contributed by atoms with van der Waals surface area (Å²) >= 11 is 0. The molecule has 0 spiro atoms. The van der Waals surface area contributed by atoms with Crippen molar-refractivity contribution in [1.29, 1.82) is 0 Å². The lowest BCUT2D eigenvalue weighted by Gasteiger charge is -2.24. The van der Waals surface area contributed by atoms with E-state index in [9.17, 15) is 26.7 Å². The highest BCUT2D eigenvalue weighted by Crippen LogP contribution is 2.38. The summed E-state index contributed by atoms with van der Waals surface area (Å²) in [5, 5.41) is 0. The van der Waals surface area contributed by atoms with Crippen LogP contribution in [0.2, 0.25) is 0 Å². The van der Waals surface area contributed by atoms with Gasteiger partial charge in [0.2, 0.25) is 5.91 Å². The number of halogens is 5. The summed E-state index contributed by atoms with van der Waals surface area (Å²) in [6.07, 6.45) is -8.55. The van der Waals surface area contributed by atoms with E-state index in [0.717, 1.165) is 12.1 Å². The summed E-state index contributed by atoms with van der Waals surface area (Å²) in [7, 11) is 0. The smallest absolute Gasteiger partial charge is 0.416 e. The molecule has 1 heterocycles. The highest BCUT2D eigenvalue weighted by molar-refractivity contribution is 6.20. The molecule has 1 aliphatic rings. The molecule has 3 nitrogen and oxygen atoms in total. The predicted molar refractivity (Wildman–Crippen MR) is 59.0 cm³/mol. The number of nitrogens with two attached hydrogens (primary N) is 1. The number of hydrogen-bond acceptors (Lipinski definition) is 2. The van der Waals surface area contributed by atoms with Crippen LogP contribution in [0.25, 0.3) is 5.57 Å². The first-order valence-corrected chi connectivity index (χ1v) is 5.38. The van der Waals surface area contributed by atoms with E-state index in [4.69, 9.17) is 10.5 Å². The fourth-order valence-corrected chi connectivity index (χ4v) is 1.79. The summed E-state index contributed by atoms with van der Waals surface area (Å²) in [5.74, 6) is -1.33. The summed E-state index contributed by atoms with van der Waals surface area (Å²) in [4.78, 5) is 11.2. The predicted octanol–water partition coefficient (Wildman–Crippen LogP) is 2.60. The van der Waals surface area contributed by atoms with Gasteiger partial charge in [-0.3, -0.25) is 4.79 Å². The van der Waals surface area contributed by atoms with E-state index in [1.165, 1.54) is 0 Å². The minimum atomic E-state index is -4.63. The van der Waals surface area contributed by atoms with Crippen molar-refractivity contribution >= 4 is 11.5 Å². The zero-order valence-corrected chi connectivity index (χ0v) is 9.75. The van der Waals surface area contributed by atoms with Gasteiger partial charge in [0.05, 0.1) is 5.56 Å². The van der Waals surface area contributed by atoms with Crippen LogP contribution in [0.1, 0.15) is 11.1 Å². The summed E-state index contributed by atoms with van der Waals surface area (Å²) in [6, 6.07) is 2.22. The molecule has 0 radical (unpaired) electrons. The van der Waals surface area contributed by atoms with Gasteiger partial charge in [-0.05, 0) is 24.3 Å². The van der Waals surface area contributed by atoms with E-state index < -0.39 is 35.7 Å². The molecule has 2 rings (SSSR count). The Morgan fingerprint density at radius 3 is 2.45 bits per heavy atom. The Kier molecular flexibility index (Phi) is 3.41. The number of fused-ring (bicyclic) bond motifs is 1. The quantitative estimate of drug-likeness (QED) is 0.852. The van der Waals surface area contributed by atoms with Crippen molar-refractivity contribution < 1.29 is 31.5 Å². The zero-order chi connectivity index (χ0) is 15.1. The lowest BCUT2D eigenvalue weighted by atomic mass is 9.97. The van der Waals surface area contributed by atoms with Crippen molar-refractivity contribution in [2.45, 2.75) is 18.7 Å². The number of carbonyl (C=O) groups is 1. The first-order chi connectivity index (χ1) is 9.20. The van der Waals surface area contributed by atoms with Gasteiger partial charge in [0, 0.05) is 11.1 Å². The monoisotopic (exact) mass is 293 g/mol. The second-order valence-electron chi connectivity index (χ2n) is 4.07. The number of amides is 1. The Morgan fingerprint density at radius 1 is 1.30 bits per heavy atom. The highest BCUT2D eigenvalue weighted by atomic mass is 19.4. The average molecular weight is 293 g/mol. The number of primary amides is 1. The molecule has 0 aliphatic carbocycles. The number of carbonyl (C=O) groups excluding carboxylic acids is 1. The molecule has 8 heteroatoms. The normalized spacial score (nSPS) is 18.3. The molecule has 1 atom stereocenters. The molecule has 20 heavy (non-hydrogen) atoms. The standard InChI is InChI=1S/C12H8F5NO2/c13-10(14)9-4-7(11(18)19)6-3-5(12(15,16)17)1-2-8(6)20-9/h1-4,9-10H,(H2,18,19). The topological polar surface area (TPSA) is 52.3 Å².